The van der Waals surface area contributed by atoms with Gasteiger partial charge >= 0.3 is 11.9 Å². The molecule has 60 heavy (non-hydrogen) atoms. The lowest BCUT2D eigenvalue weighted by atomic mass is 10.1. The van der Waals surface area contributed by atoms with Crippen LogP contribution in [0.2, 0.25) is 0 Å². The van der Waals surface area contributed by atoms with Crippen molar-refractivity contribution in [2.75, 3.05) is 19.8 Å². The van der Waals surface area contributed by atoms with Crippen LogP contribution in [0.4, 0.5) is 0 Å². The molecule has 0 N–H and O–H groups in total. The predicted molar refractivity (Wildman–Crippen MR) is 260 cm³/mol. The summed E-state index contributed by atoms with van der Waals surface area (Å²) in [5, 5.41) is 0. The molecule has 0 rings (SSSR count). The molecule has 0 radical (unpaired) electrons. The second-order valence-corrected chi connectivity index (χ2v) is 14.9. The number of carbonyl (C=O) groups excluding carboxylic acids is 2. The fourth-order valence-electron chi connectivity index (χ4n) is 5.72. The number of allylic oxidation sites excluding steroid dienone is 21. The number of hydrogen-bond acceptors (Lipinski definition) is 5. The Balaban J connectivity index is 4.51. The van der Waals surface area contributed by atoms with E-state index in [0.29, 0.717) is 19.4 Å². The molecule has 0 bridgehead atoms. The highest BCUT2D eigenvalue weighted by molar-refractivity contribution is 5.70. The normalized spacial score (nSPS) is 13.4. The number of rotatable bonds is 41. The van der Waals surface area contributed by atoms with Gasteiger partial charge in [-0.15, -0.1) is 0 Å². The number of unbranched alkanes of at least 4 members (excludes halogenated alkanes) is 8. The topological polar surface area (TPSA) is 61.8 Å². The second kappa shape index (κ2) is 49.4. The Kier molecular flexibility index (Phi) is 46.1. The molecule has 0 aliphatic carbocycles. The van der Waals surface area contributed by atoms with E-state index < -0.39 is 6.10 Å². The smallest absolute Gasteiger partial charge is 0.306 e. The van der Waals surface area contributed by atoms with E-state index in [1.807, 2.05) is 0 Å². The minimum Gasteiger partial charge on any atom is -0.462 e. The van der Waals surface area contributed by atoms with E-state index in [1.165, 1.54) is 19.3 Å². The van der Waals surface area contributed by atoms with Crippen LogP contribution in [0, 0.1) is 0 Å². The number of hydrogen-bond donors (Lipinski definition) is 0. The third-order valence-electron chi connectivity index (χ3n) is 9.15. The molecule has 1 atom stereocenters. The fourth-order valence-corrected chi connectivity index (χ4v) is 5.72. The molecule has 0 aliphatic rings. The minimum atomic E-state index is -0.609. The number of esters is 2. The van der Waals surface area contributed by atoms with E-state index in [-0.39, 0.29) is 25.2 Å². The van der Waals surface area contributed by atoms with E-state index in [0.717, 1.165) is 122 Å². The van der Waals surface area contributed by atoms with Crippen LogP contribution >= 0.6 is 0 Å². The summed E-state index contributed by atoms with van der Waals surface area (Å²) in [5.74, 6) is -0.516. The highest BCUT2D eigenvalue weighted by Crippen LogP contribution is 2.11. The van der Waals surface area contributed by atoms with Crippen LogP contribution in [0.1, 0.15) is 175 Å². The maximum absolute atomic E-state index is 12.7. The molecule has 0 aromatic carbocycles. The molecule has 0 fully saturated rings. The van der Waals surface area contributed by atoms with Gasteiger partial charge in [0.2, 0.25) is 0 Å². The van der Waals surface area contributed by atoms with E-state index in [1.54, 1.807) is 0 Å². The van der Waals surface area contributed by atoms with Gasteiger partial charge in [0.25, 0.3) is 0 Å². The molecule has 1 unspecified atom stereocenters. The first-order valence-electron chi connectivity index (χ1n) is 23.7. The summed E-state index contributed by atoms with van der Waals surface area (Å²) in [6.07, 6.45) is 70.5. The largest absolute Gasteiger partial charge is 0.462 e. The van der Waals surface area contributed by atoms with Crippen LogP contribution < -0.4 is 0 Å². The van der Waals surface area contributed by atoms with Gasteiger partial charge in [0.05, 0.1) is 13.2 Å². The molecule has 5 nitrogen and oxygen atoms in total. The van der Waals surface area contributed by atoms with Gasteiger partial charge in [-0.3, -0.25) is 9.59 Å². The summed E-state index contributed by atoms with van der Waals surface area (Å²) >= 11 is 0. The lowest BCUT2D eigenvalue weighted by molar-refractivity contribution is -0.162. The van der Waals surface area contributed by atoms with Crippen molar-refractivity contribution in [3.05, 3.63) is 134 Å². The Labute approximate surface area is 369 Å². The Bertz CT molecular complexity index is 1300. The van der Waals surface area contributed by atoms with Gasteiger partial charge < -0.3 is 14.2 Å². The van der Waals surface area contributed by atoms with Gasteiger partial charge in [-0.25, -0.2) is 0 Å². The van der Waals surface area contributed by atoms with Crippen LogP contribution in [-0.2, 0) is 23.8 Å². The lowest BCUT2D eigenvalue weighted by Crippen LogP contribution is -2.30. The van der Waals surface area contributed by atoms with E-state index in [2.05, 4.69) is 154 Å². The van der Waals surface area contributed by atoms with Gasteiger partial charge in [0.1, 0.15) is 6.61 Å². The number of ether oxygens (including phenoxy) is 3. The van der Waals surface area contributed by atoms with Crippen molar-refractivity contribution in [2.24, 2.45) is 0 Å². The van der Waals surface area contributed by atoms with Crippen LogP contribution in [0.15, 0.2) is 134 Å². The summed E-state index contributed by atoms with van der Waals surface area (Å²) in [6.45, 7) is 7.23. The molecular weight excluding hydrogens is 741 g/mol. The monoisotopic (exact) mass is 827 g/mol. The highest BCUT2D eigenvalue weighted by Gasteiger charge is 2.17. The van der Waals surface area contributed by atoms with Gasteiger partial charge in [0, 0.05) is 12.8 Å². The van der Waals surface area contributed by atoms with Gasteiger partial charge in [-0.1, -0.05) is 180 Å². The molecule has 0 saturated heterocycles. The molecule has 5 heteroatoms. The fraction of sp³-hybridized carbons (Fsp3) is 0.564. The van der Waals surface area contributed by atoms with Crippen molar-refractivity contribution in [2.45, 2.75) is 181 Å². The Morgan fingerprint density at radius 2 is 0.750 bits per heavy atom. The Hall–Kier alpha value is -3.96. The van der Waals surface area contributed by atoms with Crippen LogP contribution in [0.3, 0.4) is 0 Å². The molecule has 0 saturated carbocycles. The third kappa shape index (κ3) is 46.7. The summed E-state index contributed by atoms with van der Waals surface area (Å²) in [5.41, 5.74) is 0. The van der Waals surface area contributed by atoms with Crippen molar-refractivity contribution in [3.63, 3.8) is 0 Å². The minimum absolute atomic E-state index is 0.0189. The summed E-state index contributed by atoms with van der Waals surface area (Å²) in [6, 6.07) is 0. The van der Waals surface area contributed by atoms with E-state index in [9.17, 15) is 9.59 Å². The summed E-state index contributed by atoms with van der Waals surface area (Å²) in [4.78, 5) is 25.3. The predicted octanol–water partition coefficient (Wildman–Crippen LogP) is 16.0. The van der Waals surface area contributed by atoms with Crippen molar-refractivity contribution < 1.29 is 23.8 Å². The summed E-state index contributed by atoms with van der Waals surface area (Å²) in [7, 11) is 0. The molecule has 0 aliphatic heterocycles. The van der Waals surface area contributed by atoms with Crippen LogP contribution in [0.5, 0.6) is 0 Å². The maximum Gasteiger partial charge on any atom is 0.306 e. The zero-order chi connectivity index (χ0) is 43.5. The second-order valence-electron chi connectivity index (χ2n) is 14.9. The van der Waals surface area contributed by atoms with Crippen molar-refractivity contribution >= 4 is 11.9 Å². The average molecular weight is 827 g/mol. The van der Waals surface area contributed by atoms with Crippen molar-refractivity contribution in [1.82, 2.24) is 0 Å². The molecule has 0 heterocycles. The lowest BCUT2D eigenvalue weighted by Gasteiger charge is -2.18. The third-order valence-corrected chi connectivity index (χ3v) is 9.15. The van der Waals surface area contributed by atoms with Crippen LogP contribution in [0.25, 0.3) is 0 Å². The molecule has 0 aromatic heterocycles. The van der Waals surface area contributed by atoms with E-state index in [4.69, 9.17) is 14.2 Å². The Morgan fingerprint density at radius 3 is 1.23 bits per heavy atom. The summed E-state index contributed by atoms with van der Waals surface area (Å²) < 4.78 is 17.2. The zero-order valence-electron chi connectivity index (χ0n) is 38.4. The molecular formula is C55H86O5. The molecule has 0 amide bonds. The standard InChI is InChI=1S/C55H86O5/c1-4-7-10-13-16-19-22-25-27-29-32-35-38-41-44-47-50-58-51-53(60-55(57)49-46-43-40-37-34-30-24-21-18-15-12-9-6-3)52-59-54(56)48-45-42-39-36-33-31-28-26-23-20-17-14-11-8-5-2/h7-8,10-12,15-17,19-21,24-28,32-33,35-36,41,44,53H,4-6,9,13-14,18,22-23,29-31,34,37-40,42-43,45-52H2,1-3H3/b10-7-,11-8-,15-12-,19-16-,20-17-,24-21-,27-25-,28-26-,35-32-,36-33-,44-41-. The molecule has 0 spiro atoms. The first-order chi connectivity index (χ1) is 29.6. The van der Waals surface area contributed by atoms with Gasteiger partial charge in [-0.05, 0) is 116 Å². The maximum atomic E-state index is 12.7. The SMILES string of the molecule is CC/C=C\C/C=C\C/C=C\C/C=C\C/C=C\CCOCC(COC(=O)CCCC/C=C\C/C=C\C/C=C\C/C=C\CC)OC(=O)CCCCCCC/C=C\C/C=C\CCC. The molecule has 0 aromatic rings. The van der Waals surface area contributed by atoms with Crippen LogP contribution in [-0.4, -0.2) is 37.9 Å². The average Bonchev–Trinajstić information content (AvgIpc) is 3.25. The van der Waals surface area contributed by atoms with Crippen molar-refractivity contribution in [3.8, 4) is 0 Å². The first kappa shape index (κ1) is 56.0. The highest BCUT2D eigenvalue weighted by atomic mass is 16.6. The quantitative estimate of drug-likeness (QED) is 0.0349. The van der Waals surface area contributed by atoms with Gasteiger partial charge in [-0.2, -0.15) is 0 Å². The molecule has 336 valence electrons. The number of carbonyl (C=O) groups is 2. The zero-order valence-corrected chi connectivity index (χ0v) is 38.4. The van der Waals surface area contributed by atoms with Gasteiger partial charge in [0.15, 0.2) is 6.10 Å². The first-order valence-corrected chi connectivity index (χ1v) is 23.7. The Morgan fingerprint density at radius 1 is 0.383 bits per heavy atom. The van der Waals surface area contributed by atoms with E-state index >= 15 is 0 Å². The van der Waals surface area contributed by atoms with Crippen molar-refractivity contribution in [1.29, 1.82) is 0 Å².